The second kappa shape index (κ2) is 6.36. The molecule has 0 fully saturated rings. The second-order valence-electron chi connectivity index (χ2n) is 4.89. The number of benzene rings is 2. The molecule has 2 aromatic carbocycles. The number of halogens is 3. The average Bonchev–Trinajstić information content (AvgIpc) is 2.55. The van der Waals surface area contributed by atoms with Crippen molar-refractivity contribution >= 4 is 15.9 Å². The van der Waals surface area contributed by atoms with Crippen LogP contribution in [0.25, 0.3) is 22.5 Å². The fraction of sp³-hybridized carbons (Fsp3) is 0.0556. The van der Waals surface area contributed by atoms with Crippen LogP contribution in [0, 0.1) is 11.6 Å². The molecule has 0 amide bonds. The quantitative estimate of drug-likeness (QED) is 0.555. The molecule has 22 heavy (non-hydrogen) atoms. The Morgan fingerprint density at radius 1 is 0.727 bits per heavy atom. The maximum Gasteiger partial charge on any atom is 0.123 e. The van der Waals surface area contributed by atoms with Crippen LogP contribution >= 0.6 is 15.9 Å². The predicted octanol–water partition coefficient (Wildman–Crippen LogP) is 5.59. The van der Waals surface area contributed by atoms with E-state index in [1.165, 1.54) is 24.3 Å². The van der Waals surface area contributed by atoms with Gasteiger partial charge in [0.15, 0.2) is 0 Å². The van der Waals surface area contributed by atoms with E-state index in [1.54, 1.807) is 24.3 Å². The summed E-state index contributed by atoms with van der Waals surface area (Å²) in [4.78, 5) is 4.62. The summed E-state index contributed by atoms with van der Waals surface area (Å²) in [6.07, 6.45) is 0. The third kappa shape index (κ3) is 3.22. The van der Waals surface area contributed by atoms with Gasteiger partial charge in [-0.25, -0.2) is 13.8 Å². The molecule has 0 bridgehead atoms. The molecular weight excluding hydrogens is 348 g/mol. The van der Waals surface area contributed by atoms with E-state index in [0.717, 1.165) is 28.1 Å². The Morgan fingerprint density at radius 2 is 1.14 bits per heavy atom. The Balaban J connectivity index is 2.10. The van der Waals surface area contributed by atoms with Crippen molar-refractivity contribution in [2.45, 2.75) is 5.33 Å². The van der Waals surface area contributed by atoms with Crippen molar-refractivity contribution in [2.75, 3.05) is 0 Å². The zero-order valence-corrected chi connectivity index (χ0v) is 13.1. The molecule has 1 nitrogen and oxygen atoms in total. The van der Waals surface area contributed by atoms with Crippen LogP contribution < -0.4 is 0 Å². The van der Waals surface area contributed by atoms with Crippen LogP contribution in [0.2, 0.25) is 0 Å². The molecule has 1 aromatic heterocycles. The minimum atomic E-state index is -0.279. The Bertz CT molecular complexity index is 719. The number of nitrogens with zero attached hydrogens (tertiary/aromatic N) is 1. The van der Waals surface area contributed by atoms with Crippen LogP contribution in [0.3, 0.4) is 0 Å². The molecule has 110 valence electrons. The smallest absolute Gasteiger partial charge is 0.123 e. The Hall–Kier alpha value is -2.07. The third-order valence-electron chi connectivity index (χ3n) is 3.32. The summed E-state index contributed by atoms with van der Waals surface area (Å²) in [5.74, 6) is -0.557. The molecule has 3 aromatic rings. The predicted molar refractivity (Wildman–Crippen MR) is 87.7 cm³/mol. The van der Waals surface area contributed by atoms with Crippen LogP contribution in [0.1, 0.15) is 5.56 Å². The third-order valence-corrected chi connectivity index (χ3v) is 3.97. The van der Waals surface area contributed by atoms with Crippen LogP contribution in [0.5, 0.6) is 0 Å². The van der Waals surface area contributed by atoms with Crippen molar-refractivity contribution < 1.29 is 8.78 Å². The summed E-state index contributed by atoms with van der Waals surface area (Å²) in [5.41, 5.74) is 4.25. The van der Waals surface area contributed by atoms with E-state index >= 15 is 0 Å². The zero-order valence-electron chi connectivity index (χ0n) is 11.6. The topological polar surface area (TPSA) is 12.9 Å². The van der Waals surface area contributed by atoms with Crippen molar-refractivity contribution in [3.8, 4) is 22.5 Å². The van der Waals surface area contributed by atoms with Crippen molar-refractivity contribution in [2.24, 2.45) is 0 Å². The molecule has 0 saturated carbocycles. The van der Waals surface area contributed by atoms with E-state index in [2.05, 4.69) is 20.9 Å². The number of hydrogen-bond donors (Lipinski definition) is 0. The molecule has 0 radical (unpaired) electrons. The van der Waals surface area contributed by atoms with E-state index in [0.29, 0.717) is 5.33 Å². The molecule has 0 aliphatic heterocycles. The molecule has 0 saturated heterocycles. The van der Waals surface area contributed by atoms with Gasteiger partial charge in [-0.05, 0) is 66.2 Å². The van der Waals surface area contributed by atoms with Gasteiger partial charge in [-0.1, -0.05) is 15.9 Å². The summed E-state index contributed by atoms with van der Waals surface area (Å²) in [5, 5.41) is 0.678. The first kappa shape index (κ1) is 14.9. The van der Waals surface area contributed by atoms with Crippen molar-refractivity contribution in [3.05, 3.63) is 77.9 Å². The normalized spacial score (nSPS) is 10.7. The lowest BCUT2D eigenvalue weighted by atomic mass is 10.1. The van der Waals surface area contributed by atoms with Gasteiger partial charge in [0.25, 0.3) is 0 Å². The minimum absolute atomic E-state index is 0.279. The Labute approximate surface area is 135 Å². The van der Waals surface area contributed by atoms with Gasteiger partial charge in [-0.15, -0.1) is 0 Å². The van der Waals surface area contributed by atoms with Crippen molar-refractivity contribution in [3.63, 3.8) is 0 Å². The summed E-state index contributed by atoms with van der Waals surface area (Å²) < 4.78 is 26.1. The summed E-state index contributed by atoms with van der Waals surface area (Å²) in [7, 11) is 0. The van der Waals surface area contributed by atoms with Gasteiger partial charge in [0.1, 0.15) is 11.6 Å². The van der Waals surface area contributed by atoms with E-state index in [1.807, 2.05) is 12.1 Å². The van der Waals surface area contributed by atoms with Crippen molar-refractivity contribution in [1.82, 2.24) is 4.98 Å². The first-order valence-corrected chi connectivity index (χ1v) is 7.86. The lowest BCUT2D eigenvalue weighted by molar-refractivity contribution is 0.627. The highest BCUT2D eigenvalue weighted by atomic mass is 79.9. The van der Waals surface area contributed by atoms with E-state index in [-0.39, 0.29) is 11.6 Å². The van der Waals surface area contributed by atoms with Gasteiger partial charge >= 0.3 is 0 Å². The molecule has 0 N–H and O–H groups in total. The first-order valence-electron chi connectivity index (χ1n) is 6.74. The van der Waals surface area contributed by atoms with Gasteiger partial charge in [0.2, 0.25) is 0 Å². The average molecular weight is 360 g/mol. The van der Waals surface area contributed by atoms with E-state index in [4.69, 9.17) is 0 Å². The first-order chi connectivity index (χ1) is 10.7. The maximum atomic E-state index is 13.1. The highest BCUT2D eigenvalue weighted by Gasteiger charge is 2.07. The van der Waals surface area contributed by atoms with Crippen LogP contribution in [-0.4, -0.2) is 4.98 Å². The summed E-state index contributed by atoms with van der Waals surface area (Å²) in [6, 6.07) is 16.3. The lowest BCUT2D eigenvalue weighted by Gasteiger charge is -2.08. The molecule has 0 aliphatic rings. The molecule has 0 atom stereocenters. The molecular formula is C18H12BrF2N. The van der Waals surface area contributed by atoms with Crippen LogP contribution in [0.15, 0.2) is 60.7 Å². The molecule has 0 unspecified atom stereocenters. The largest absolute Gasteiger partial charge is 0.248 e. The number of aromatic nitrogens is 1. The number of rotatable bonds is 3. The number of pyridine rings is 1. The molecule has 0 aliphatic carbocycles. The highest BCUT2D eigenvalue weighted by molar-refractivity contribution is 9.08. The van der Waals surface area contributed by atoms with Gasteiger partial charge in [-0.3, -0.25) is 0 Å². The highest BCUT2D eigenvalue weighted by Crippen LogP contribution is 2.26. The van der Waals surface area contributed by atoms with E-state index in [9.17, 15) is 8.78 Å². The molecule has 4 heteroatoms. The monoisotopic (exact) mass is 359 g/mol. The maximum absolute atomic E-state index is 13.1. The number of hydrogen-bond acceptors (Lipinski definition) is 1. The molecule has 3 rings (SSSR count). The SMILES string of the molecule is Fc1ccc(-c2cc(CBr)cc(-c3ccc(F)cc3)n2)cc1. The molecule has 1 heterocycles. The second-order valence-corrected chi connectivity index (χ2v) is 5.45. The Kier molecular flexibility index (Phi) is 4.29. The Morgan fingerprint density at radius 3 is 1.50 bits per heavy atom. The van der Waals surface area contributed by atoms with Gasteiger partial charge in [0, 0.05) is 16.5 Å². The minimum Gasteiger partial charge on any atom is -0.248 e. The van der Waals surface area contributed by atoms with Gasteiger partial charge in [0.05, 0.1) is 11.4 Å². The summed E-state index contributed by atoms with van der Waals surface area (Å²) >= 11 is 3.45. The fourth-order valence-corrected chi connectivity index (χ4v) is 2.53. The summed E-state index contributed by atoms with van der Waals surface area (Å²) in [6.45, 7) is 0. The zero-order chi connectivity index (χ0) is 15.5. The fourth-order valence-electron chi connectivity index (χ4n) is 2.20. The lowest BCUT2D eigenvalue weighted by Crippen LogP contribution is -1.92. The van der Waals surface area contributed by atoms with Crippen LogP contribution in [-0.2, 0) is 5.33 Å². The van der Waals surface area contributed by atoms with Gasteiger partial charge in [-0.2, -0.15) is 0 Å². The van der Waals surface area contributed by atoms with Crippen LogP contribution in [0.4, 0.5) is 8.78 Å². The standard InChI is InChI=1S/C18H12BrF2N/c19-11-12-9-17(13-1-5-15(20)6-2-13)22-18(10-12)14-3-7-16(21)8-4-14/h1-10H,11H2. The number of alkyl halides is 1. The van der Waals surface area contributed by atoms with Crippen molar-refractivity contribution in [1.29, 1.82) is 0 Å². The van der Waals surface area contributed by atoms with Gasteiger partial charge < -0.3 is 0 Å². The molecule has 0 spiro atoms. The van der Waals surface area contributed by atoms with E-state index < -0.39 is 0 Å².